The molecule has 13 heteroatoms. The van der Waals surface area contributed by atoms with Crippen molar-refractivity contribution >= 4 is 41.0 Å². The van der Waals surface area contributed by atoms with Gasteiger partial charge in [-0.1, -0.05) is 35.9 Å². The first-order valence-corrected chi connectivity index (χ1v) is 14.0. The largest absolute Gasteiger partial charge is 0.351 e. The molecule has 0 spiro atoms. The zero-order valence-electron chi connectivity index (χ0n) is 22.7. The molecule has 2 fully saturated rings. The third kappa shape index (κ3) is 6.46. The van der Waals surface area contributed by atoms with E-state index in [0.717, 1.165) is 15.9 Å². The lowest BCUT2D eigenvalue weighted by molar-refractivity contribution is -0.128. The first kappa shape index (κ1) is 30.0. The number of halogens is 4. The third-order valence-electron chi connectivity index (χ3n) is 7.56. The summed E-state index contributed by atoms with van der Waals surface area (Å²) in [5.74, 6) is -5.61. The van der Waals surface area contributed by atoms with Crippen LogP contribution in [0.5, 0.6) is 0 Å². The van der Waals surface area contributed by atoms with Crippen molar-refractivity contribution in [3.05, 3.63) is 82.9 Å². The van der Waals surface area contributed by atoms with E-state index in [-0.39, 0.29) is 53.6 Å². The molecular formula is C30H26ClF3N6O3. The van der Waals surface area contributed by atoms with Crippen LogP contribution in [0.25, 0.3) is 0 Å². The minimum Gasteiger partial charge on any atom is -0.351 e. The normalized spacial score (nSPS) is 19.0. The number of hydrogen-bond donors (Lipinski definition) is 1. The van der Waals surface area contributed by atoms with Crippen LogP contribution in [0.4, 0.5) is 24.8 Å². The number of nitrogens with one attached hydrogen (secondary N) is 1. The molecule has 0 unspecified atom stereocenters. The second-order valence-electron chi connectivity index (χ2n) is 10.4. The van der Waals surface area contributed by atoms with Crippen LogP contribution in [-0.4, -0.2) is 45.7 Å². The molecule has 1 saturated heterocycles. The lowest BCUT2D eigenvalue weighted by Gasteiger charge is -2.37. The van der Waals surface area contributed by atoms with E-state index in [1.807, 2.05) is 6.07 Å². The number of nitrogens with zero attached hydrogens (tertiary/aromatic N) is 5. The second kappa shape index (κ2) is 12.4. The number of aromatic nitrogens is 2. The molecule has 1 aliphatic heterocycles. The van der Waals surface area contributed by atoms with E-state index in [9.17, 15) is 32.8 Å². The van der Waals surface area contributed by atoms with E-state index in [2.05, 4.69) is 15.3 Å². The van der Waals surface area contributed by atoms with Crippen LogP contribution in [0.2, 0.25) is 5.02 Å². The van der Waals surface area contributed by atoms with Crippen molar-refractivity contribution in [1.29, 1.82) is 5.26 Å². The van der Waals surface area contributed by atoms with Crippen molar-refractivity contribution < 1.29 is 27.6 Å². The fourth-order valence-corrected chi connectivity index (χ4v) is 5.68. The Balaban J connectivity index is 1.59. The molecule has 2 aliphatic rings. The predicted molar refractivity (Wildman–Crippen MR) is 151 cm³/mol. The molecule has 9 nitrogen and oxygen atoms in total. The Morgan fingerprint density at radius 1 is 1.12 bits per heavy atom. The van der Waals surface area contributed by atoms with Crippen molar-refractivity contribution in [3.63, 3.8) is 0 Å². The molecule has 1 N–H and O–H groups in total. The SMILES string of the molecule is N#Cc1ccnc(N2C(=O)CC[C@H]2C(=O)N(c2cccc(F)c2)[C@H](C(=O)NC2CCC(F)(F)CC2)c2ccccc2Cl)n1. The van der Waals surface area contributed by atoms with Gasteiger partial charge >= 0.3 is 0 Å². The summed E-state index contributed by atoms with van der Waals surface area (Å²) >= 11 is 6.55. The highest BCUT2D eigenvalue weighted by molar-refractivity contribution is 6.31. The summed E-state index contributed by atoms with van der Waals surface area (Å²) in [6.45, 7) is 0. The van der Waals surface area contributed by atoms with Crippen molar-refractivity contribution in [2.45, 2.75) is 62.6 Å². The van der Waals surface area contributed by atoms with Gasteiger partial charge in [-0.3, -0.25) is 24.2 Å². The van der Waals surface area contributed by atoms with Crippen molar-refractivity contribution in [3.8, 4) is 6.07 Å². The van der Waals surface area contributed by atoms with Crippen LogP contribution >= 0.6 is 11.6 Å². The summed E-state index contributed by atoms with van der Waals surface area (Å²) in [6, 6.07) is 11.3. The molecule has 2 atom stereocenters. The Morgan fingerprint density at radius 3 is 2.56 bits per heavy atom. The van der Waals surface area contributed by atoms with Gasteiger partial charge in [-0.05, 0) is 49.6 Å². The van der Waals surface area contributed by atoms with E-state index >= 15 is 0 Å². The van der Waals surface area contributed by atoms with Gasteiger partial charge in [-0.15, -0.1) is 0 Å². The number of amides is 3. The van der Waals surface area contributed by atoms with Crippen LogP contribution in [-0.2, 0) is 14.4 Å². The Bertz CT molecular complexity index is 1590. The van der Waals surface area contributed by atoms with Gasteiger partial charge in [0.15, 0.2) is 0 Å². The highest BCUT2D eigenvalue weighted by Crippen LogP contribution is 2.37. The third-order valence-corrected chi connectivity index (χ3v) is 7.91. The maximum absolute atomic E-state index is 14.6. The summed E-state index contributed by atoms with van der Waals surface area (Å²) in [5.41, 5.74) is 0.189. The molecule has 3 amide bonds. The number of rotatable bonds is 7. The van der Waals surface area contributed by atoms with Crippen LogP contribution < -0.4 is 15.1 Å². The lowest BCUT2D eigenvalue weighted by atomic mass is 9.91. The fraction of sp³-hybridized carbons (Fsp3) is 0.333. The van der Waals surface area contributed by atoms with E-state index < -0.39 is 60.4 Å². The van der Waals surface area contributed by atoms with Gasteiger partial charge in [-0.25, -0.2) is 23.1 Å². The fourth-order valence-electron chi connectivity index (χ4n) is 5.44. The second-order valence-corrected chi connectivity index (χ2v) is 10.8. The van der Waals surface area contributed by atoms with Gasteiger partial charge in [-0.2, -0.15) is 5.26 Å². The van der Waals surface area contributed by atoms with Crippen LogP contribution in [0.3, 0.4) is 0 Å². The number of carbonyl (C=O) groups excluding carboxylic acids is 3. The summed E-state index contributed by atoms with van der Waals surface area (Å²) in [6.07, 6.45) is 0.514. The number of nitriles is 1. The topological polar surface area (TPSA) is 119 Å². The number of carbonyl (C=O) groups is 3. The van der Waals surface area contributed by atoms with Crippen LogP contribution in [0, 0.1) is 17.1 Å². The molecule has 1 aliphatic carbocycles. The minimum absolute atomic E-state index is 0.00578. The highest BCUT2D eigenvalue weighted by atomic mass is 35.5. The Hall–Kier alpha value is -4.50. The van der Waals surface area contributed by atoms with Gasteiger partial charge in [0.05, 0.1) is 0 Å². The summed E-state index contributed by atoms with van der Waals surface area (Å²) in [4.78, 5) is 51.9. The number of benzene rings is 2. The highest BCUT2D eigenvalue weighted by Gasteiger charge is 2.45. The molecular weight excluding hydrogens is 585 g/mol. The predicted octanol–water partition coefficient (Wildman–Crippen LogP) is 5.10. The molecule has 2 aromatic carbocycles. The maximum Gasteiger partial charge on any atom is 0.251 e. The number of alkyl halides is 2. The smallest absolute Gasteiger partial charge is 0.251 e. The van der Waals surface area contributed by atoms with Crippen molar-refractivity contribution in [2.24, 2.45) is 0 Å². The van der Waals surface area contributed by atoms with E-state index in [0.29, 0.717) is 0 Å². The summed E-state index contributed by atoms with van der Waals surface area (Å²) < 4.78 is 42.3. The van der Waals surface area contributed by atoms with Crippen molar-refractivity contribution in [2.75, 3.05) is 9.80 Å². The average molecular weight is 611 g/mol. The molecule has 43 heavy (non-hydrogen) atoms. The molecule has 222 valence electrons. The standard InChI is InChI=1S/C30H26ClF3N6O3/c31-23-7-2-1-6-22(23)26(27(42)37-19-10-13-30(33,34)14-11-19)39(21-5-3-4-18(32)16-21)28(43)24-8-9-25(41)40(24)29-36-15-12-20(17-35)38-29/h1-7,12,15-16,19,24,26H,8-11,13-14H2,(H,37,42)/t24-,26-/m0/s1. The van der Waals surface area contributed by atoms with Crippen LogP contribution in [0.1, 0.15) is 55.8 Å². The Kier molecular flexibility index (Phi) is 8.64. The lowest BCUT2D eigenvalue weighted by Crippen LogP contribution is -2.53. The molecule has 2 heterocycles. The molecule has 0 bridgehead atoms. The summed E-state index contributed by atoms with van der Waals surface area (Å²) in [7, 11) is 0. The quantitative estimate of drug-likeness (QED) is 0.397. The molecule has 0 radical (unpaired) electrons. The van der Waals surface area contributed by atoms with Gasteiger partial charge < -0.3 is 5.32 Å². The first-order valence-electron chi connectivity index (χ1n) is 13.6. The van der Waals surface area contributed by atoms with E-state index in [1.165, 1.54) is 42.6 Å². The van der Waals surface area contributed by atoms with Gasteiger partial charge in [0, 0.05) is 47.8 Å². The van der Waals surface area contributed by atoms with Crippen LogP contribution in [0.15, 0.2) is 60.8 Å². The van der Waals surface area contributed by atoms with Crippen molar-refractivity contribution in [1.82, 2.24) is 15.3 Å². The number of hydrogen-bond acceptors (Lipinski definition) is 6. The first-order chi connectivity index (χ1) is 20.6. The molecule has 3 aromatic rings. The minimum atomic E-state index is -2.82. The van der Waals surface area contributed by atoms with Gasteiger partial charge in [0.25, 0.3) is 5.91 Å². The molecule has 5 rings (SSSR count). The maximum atomic E-state index is 14.6. The molecule has 1 saturated carbocycles. The zero-order valence-corrected chi connectivity index (χ0v) is 23.5. The van der Waals surface area contributed by atoms with Gasteiger partial charge in [0.1, 0.15) is 29.7 Å². The van der Waals surface area contributed by atoms with E-state index in [4.69, 9.17) is 11.6 Å². The Labute approximate surface area is 250 Å². The summed E-state index contributed by atoms with van der Waals surface area (Å²) in [5, 5.41) is 12.2. The molecule has 1 aromatic heterocycles. The number of anilines is 2. The monoisotopic (exact) mass is 610 g/mol. The Morgan fingerprint density at radius 2 is 1.86 bits per heavy atom. The average Bonchev–Trinajstić information content (AvgIpc) is 3.38. The van der Waals surface area contributed by atoms with Gasteiger partial charge in [0.2, 0.25) is 23.7 Å². The zero-order chi connectivity index (χ0) is 30.7. The van der Waals surface area contributed by atoms with E-state index in [1.54, 1.807) is 12.1 Å².